The Morgan fingerprint density at radius 3 is 2.29 bits per heavy atom. The van der Waals surface area contributed by atoms with E-state index in [1.54, 1.807) is 18.2 Å². The SMILES string of the molecule is N#Cc1ccc2sc(Sc3c(Cl)cc(NS(=O)(=O)c4ccc(C(F)(F)F)cc4Cl)cc3Cl)nc2c1. The van der Waals surface area contributed by atoms with Crippen molar-refractivity contribution in [2.45, 2.75) is 20.3 Å². The van der Waals surface area contributed by atoms with Gasteiger partial charge < -0.3 is 0 Å². The van der Waals surface area contributed by atoms with Crippen LogP contribution in [0.2, 0.25) is 15.1 Å². The molecule has 1 N–H and O–H groups in total. The Morgan fingerprint density at radius 1 is 1.00 bits per heavy atom. The molecule has 0 saturated heterocycles. The maximum atomic E-state index is 12.8. The fraction of sp³-hybridized carbons (Fsp3) is 0.0476. The van der Waals surface area contributed by atoms with E-state index in [1.165, 1.54) is 35.2 Å². The summed E-state index contributed by atoms with van der Waals surface area (Å²) in [7, 11) is -4.35. The molecule has 3 aromatic carbocycles. The van der Waals surface area contributed by atoms with Crippen LogP contribution >= 0.6 is 57.9 Å². The summed E-state index contributed by atoms with van der Waals surface area (Å²) in [5.41, 5.74) is 0.0256. The summed E-state index contributed by atoms with van der Waals surface area (Å²) in [6.07, 6.45) is -4.67. The second-order valence-electron chi connectivity index (χ2n) is 6.89. The van der Waals surface area contributed by atoms with Gasteiger partial charge in [-0.1, -0.05) is 46.6 Å². The number of hydrogen-bond donors (Lipinski definition) is 1. The zero-order chi connectivity index (χ0) is 25.5. The van der Waals surface area contributed by atoms with Gasteiger partial charge in [0.15, 0.2) is 4.34 Å². The van der Waals surface area contributed by atoms with Crippen molar-refractivity contribution in [3.63, 3.8) is 0 Å². The number of benzene rings is 3. The monoisotopic (exact) mass is 593 g/mol. The Bertz CT molecular complexity index is 1590. The summed E-state index contributed by atoms with van der Waals surface area (Å²) in [6, 6.07) is 11.7. The summed E-state index contributed by atoms with van der Waals surface area (Å²) in [5.74, 6) is 0. The summed E-state index contributed by atoms with van der Waals surface area (Å²) in [5, 5.41) is 8.69. The quantitative estimate of drug-likeness (QED) is 0.252. The number of nitrogens with zero attached hydrogens (tertiary/aromatic N) is 2. The van der Waals surface area contributed by atoms with Crippen LogP contribution in [0.15, 0.2) is 62.7 Å². The van der Waals surface area contributed by atoms with Crippen LogP contribution in [0.1, 0.15) is 11.1 Å². The highest BCUT2D eigenvalue weighted by atomic mass is 35.5. The van der Waals surface area contributed by atoms with Gasteiger partial charge in [0.05, 0.1) is 53.1 Å². The number of anilines is 1. The topological polar surface area (TPSA) is 82.9 Å². The van der Waals surface area contributed by atoms with E-state index in [0.717, 1.165) is 10.8 Å². The maximum Gasteiger partial charge on any atom is 0.416 e. The fourth-order valence-corrected chi connectivity index (χ4v) is 7.23. The highest BCUT2D eigenvalue weighted by Gasteiger charge is 2.32. The van der Waals surface area contributed by atoms with Gasteiger partial charge >= 0.3 is 6.18 Å². The Labute approximate surface area is 220 Å². The van der Waals surface area contributed by atoms with Crippen molar-refractivity contribution in [3.05, 3.63) is 74.7 Å². The third kappa shape index (κ3) is 5.63. The highest BCUT2D eigenvalue weighted by Crippen LogP contribution is 2.43. The third-order valence-corrected chi connectivity index (χ3v) is 9.41. The summed E-state index contributed by atoms with van der Waals surface area (Å²) in [4.78, 5) is 4.34. The Balaban J connectivity index is 1.60. The number of sulfonamides is 1. The number of nitriles is 1. The van der Waals surface area contributed by atoms with Crippen LogP contribution in [-0.2, 0) is 16.2 Å². The smallest absolute Gasteiger partial charge is 0.279 e. The molecule has 1 aromatic heterocycles. The zero-order valence-electron chi connectivity index (χ0n) is 16.8. The van der Waals surface area contributed by atoms with Gasteiger partial charge in [-0.3, -0.25) is 4.72 Å². The van der Waals surface area contributed by atoms with E-state index in [-0.39, 0.29) is 15.7 Å². The number of halogens is 6. The summed E-state index contributed by atoms with van der Waals surface area (Å²) >= 11 is 21.0. The minimum Gasteiger partial charge on any atom is -0.279 e. The van der Waals surface area contributed by atoms with E-state index in [1.807, 2.05) is 6.07 Å². The predicted molar refractivity (Wildman–Crippen MR) is 132 cm³/mol. The van der Waals surface area contributed by atoms with Crippen molar-refractivity contribution in [2.24, 2.45) is 0 Å². The van der Waals surface area contributed by atoms with Crippen LogP contribution in [0.3, 0.4) is 0 Å². The molecule has 5 nitrogen and oxygen atoms in total. The number of rotatable bonds is 5. The van der Waals surface area contributed by atoms with Gasteiger partial charge in [-0.15, -0.1) is 11.3 Å². The van der Waals surface area contributed by atoms with E-state index in [4.69, 9.17) is 40.1 Å². The molecule has 0 amide bonds. The lowest BCUT2D eigenvalue weighted by Crippen LogP contribution is -2.14. The van der Waals surface area contributed by atoms with E-state index >= 15 is 0 Å². The number of fused-ring (bicyclic) bond motifs is 1. The van der Waals surface area contributed by atoms with Gasteiger partial charge in [0.2, 0.25) is 0 Å². The second kappa shape index (κ2) is 9.69. The standard InChI is InChI=1S/C21H9Cl3F3N3O2S3/c22-13-6-11(21(25,26)27)2-4-18(13)35(31,32)30-12-7-14(23)19(15(24)8-12)34-20-29-16-5-10(9-28)1-3-17(16)33-20/h1-8,30H. The van der Waals surface area contributed by atoms with Gasteiger partial charge in [-0.05, 0) is 48.5 Å². The minimum absolute atomic E-state index is 0.0109. The van der Waals surface area contributed by atoms with E-state index in [2.05, 4.69) is 9.71 Å². The number of aromatic nitrogens is 1. The van der Waals surface area contributed by atoms with Crippen LogP contribution in [-0.4, -0.2) is 13.4 Å². The lowest BCUT2D eigenvalue weighted by molar-refractivity contribution is -0.137. The van der Waals surface area contributed by atoms with Crippen LogP contribution in [0, 0.1) is 11.3 Å². The molecule has 0 radical (unpaired) electrons. The number of alkyl halides is 3. The molecule has 0 aliphatic heterocycles. The summed E-state index contributed by atoms with van der Waals surface area (Å²) in [6.45, 7) is 0. The average molecular weight is 595 g/mol. The minimum atomic E-state index is -4.67. The van der Waals surface area contributed by atoms with Crippen molar-refractivity contribution in [2.75, 3.05) is 4.72 Å². The molecule has 0 spiro atoms. The molecule has 1 heterocycles. The second-order valence-corrected chi connectivity index (χ2v) is 12.1. The first-order valence-corrected chi connectivity index (χ1v) is 13.5. The Kier molecular flexibility index (Phi) is 7.16. The van der Waals surface area contributed by atoms with Crippen molar-refractivity contribution in [1.82, 2.24) is 4.98 Å². The van der Waals surface area contributed by atoms with E-state index < -0.39 is 31.7 Å². The molecule has 0 atom stereocenters. The molecule has 14 heteroatoms. The van der Waals surface area contributed by atoms with E-state index in [0.29, 0.717) is 32.4 Å². The highest BCUT2D eigenvalue weighted by molar-refractivity contribution is 8.01. The number of thiazole rings is 1. The molecule has 0 aliphatic rings. The van der Waals surface area contributed by atoms with Crippen LogP contribution in [0.4, 0.5) is 18.9 Å². The predicted octanol–water partition coefficient (Wildman–Crippen LogP) is 8.10. The first-order chi connectivity index (χ1) is 16.4. The largest absolute Gasteiger partial charge is 0.416 e. The molecule has 0 fully saturated rings. The Hall–Kier alpha value is -2.20. The first-order valence-electron chi connectivity index (χ1n) is 9.24. The normalized spacial score (nSPS) is 12.0. The number of nitrogens with one attached hydrogen (secondary N) is 1. The third-order valence-electron chi connectivity index (χ3n) is 4.49. The molecule has 0 aliphatic carbocycles. The van der Waals surface area contributed by atoms with Crippen LogP contribution < -0.4 is 4.72 Å². The van der Waals surface area contributed by atoms with Gasteiger partial charge in [-0.2, -0.15) is 18.4 Å². The van der Waals surface area contributed by atoms with Gasteiger partial charge in [0.1, 0.15) is 4.90 Å². The molecule has 4 rings (SSSR count). The molecule has 180 valence electrons. The molecular formula is C21H9Cl3F3N3O2S3. The van der Waals surface area contributed by atoms with Crippen LogP contribution in [0.25, 0.3) is 10.2 Å². The van der Waals surface area contributed by atoms with Gasteiger partial charge in [0.25, 0.3) is 10.0 Å². The van der Waals surface area contributed by atoms with Crippen LogP contribution in [0.5, 0.6) is 0 Å². The average Bonchev–Trinajstić information content (AvgIpc) is 3.16. The van der Waals surface area contributed by atoms with Gasteiger partial charge in [0, 0.05) is 0 Å². The number of hydrogen-bond acceptors (Lipinski definition) is 6. The first kappa shape index (κ1) is 25.9. The molecule has 4 aromatic rings. The van der Waals surface area contributed by atoms with Crippen molar-refractivity contribution >= 4 is 83.8 Å². The lowest BCUT2D eigenvalue weighted by atomic mass is 10.2. The molecule has 0 saturated carbocycles. The van der Waals surface area contributed by atoms with E-state index in [9.17, 15) is 21.6 Å². The lowest BCUT2D eigenvalue weighted by Gasteiger charge is -2.13. The van der Waals surface area contributed by atoms with Crippen molar-refractivity contribution in [3.8, 4) is 6.07 Å². The molecule has 35 heavy (non-hydrogen) atoms. The van der Waals surface area contributed by atoms with Crippen molar-refractivity contribution < 1.29 is 21.6 Å². The maximum absolute atomic E-state index is 12.8. The molecule has 0 bridgehead atoms. The van der Waals surface area contributed by atoms with Gasteiger partial charge in [-0.25, -0.2) is 13.4 Å². The zero-order valence-corrected chi connectivity index (χ0v) is 21.5. The summed E-state index contributed by atoms with van der Waals surface area (Å²) < 4.78 is 67.7. The Morgan fingerprint density at radius 2 is 1.69 bits per heavy atom. The molecular weight excluding hydrogens is 586 g/mol. The molecule has 0 unspecified atom stereocenters. The van der Waals surface area contributed by atoms with Crippen molar-refractivity contribution in [1.29, 1.82) is 5.26 Å². The fourth-order valence-electron chi connectivity index (χ4n) is 2.93.